The summed E-state index contributed by atoms with van der Waals surface area (Å²) < 4.78 is 0. The first-order chi connectivity index (χ1) is 17.2. The largest absolute Gasteiger partial charge is 0.322 e. The molecule has 0 aromatic heterocycles. The minimum absolute atomic E-state index is 0.157. The Morgan fingerprint density at radius 2 is 1.61 bits per heavy atom. The smallest absolute Gasteiger partial charge is 0.289 e. The summed E-state index contributed by atoms with van der Waals surface area (Å²) in [5.41, 5.74) is 4.20. The van der Waals surface area contributed by atoms with Crippen molar-refractivity contribution in [3.8, 4) is 0 Å². The number of benzene rings is 3. The summed E-state index contributed by atoms with van der Waals surface area (Å²) in [5, 5.41) is 2.51. The Balaban J connectivity index is 1.32. The molecule has 0 unspecified atom stereocenters. The predicted octanol–water partition coefficient (Wildman–Crippen LogP) is 4.55. The van der Waals surface area contributed by atoms with E-state index in [-0.39, 0.29) is 40.1 Å². The van der Waals surface area contributed by atoms with Crippen LogP contribution in [0.4, 0.5) is 16.2 Å². The van der Waals surface area contributed by atoms with Crippen LogP contribution in [-0.2, 0) is 11.3 Å². The van der Waals surface area contributed by atoms with Crippen molar-refractivity contribution in [3.05, 3.63) is 94.0 Å². The number of nitrogens with zero attached hydrogens (tertiary/aromatic N) is 2. The molecule has 5 rings (SSSR count). The molecule has 5 amide bonds. The van der Waals surface area contributed by atoms with Gasteiger partial charge in [0.2, 0.25) is 5.91 Å². The van der Waals surface area contributed by atoms with Gasteiger partial charge in [0.15, 0.2) is 0 Å². The molecule has 2 aliphatic rings. The molecule has 3 aromatic rings. The summed E-state index contributed by atoms with van der Waals surface area (Å²) in [7, 11) is 0. The van der Waals surface area contributed by atoms with Crippen LogP contribution in [0.5, 0.6) is 0 Å². The van der Waals surface area contributed by atoms with Crippen LogP contribution in [-0.4, -0.2) is 39.5 Å². The van der Waals surface area contributed by atoms with E-state index in [4.69, 9.17) is 0 Å². The molecule has 0 radical (unpaired) electrons. The van der Waals surface area contributed by atoms with Crippen molar-refractivity contribution < 1.29 is 24.0 Å². The molecular formula is C27H21N3O5S. The molecule has 0 spiro atoms. The molecule has 3 aromatic carbocycles. The molecule has 9 heteroatoms. The van der Waals surface area contributed by atoms with Crippen molar-refractivity contribution in [2.24, 2.45) is 0 Å². The number of fused-ring (bicyclic) bond motifs is 1. The first-order valence-electron chi connectivity index (χ1n) is 11.2. The highest BCUT2D eigenvalue weighted by atomic mass is 32.2. The van der Waals surface area contributed by atoms with E-state index in [0.29, 0.717) is 11.4 Å². The zero-order chi connectivity index (χ0) is 25.6. The van der Waals surface area contributed by atoms with Gasteiger partial charge in [0.05, 0.1) is 29.1 Å². The molecule has 1 N–H and O–H groups in total. The van der Waals surface area contributed by atoms with Crippen molar-refractivity contribution in [2.75, 3.05) is 16.0 Å². The molecular weight excluding hydrogens is 478 g/mol. The van der Waals surface area contributed by atoms with E-state index in [2.05, 4.69) is 5.32 Å². The minimum Gasteiger partial charge on any atom is -0.322 e. The number of hydrogen-bond acceptors (Lipinski definition) is 6. The van der Waals surface area contributed by atoms with Gasteiger partial charge in [-0.3, -0.25) is 28.9 Å². The number of carbonyl (C=O) groups excluding carboxylic acids is 5. The van der Waals surface area contributed by atoms with Crippen LogP contribution in [0.1, 0.15) is 47.8 Å². The van der Waals surface area contributed by atoms with Gasteiger partial charge in [0.25, 0.3) is 23.0 Å². The van der Waals surface area contributed by atoms with Crippen molar-refractivity contribution in [1.82, 2.24) is 4.90 Å². The topological polar surface area (TPSA) is 104 Å². The summed E-state index contributed by atoms with van der Waals surface area (Å²) in [5.74, 6) is -1.38. The molecule has 0 aliphatic carbocycles. The second kappa shape index (κ2) is 9.09. The van der Waals surface area contributed by atoms with Gasteiger partial charge in [0, 0.05) is 11.3 Å². The second-order valence-electron chi connectivity index (χ2n) is 8.68. The quantitative estimate of drug-likeness (QED) is 0.517. The Morgan fingerprint density at radius 3 is 2.31 bits per heavy atom. The van der Waals surface area contributed by atoms with E-state index in [9.17, 15) is 24.0 Å². The third-order valence-electron chi connectivity index (χ3n) is 6.15. The number of carbonyl (C=O) groups is 5. The summed E-state index contributed by atoms with van der Waals surface area (Å²) in [4.78, 5) is 65.0. The normalized spacial score (nSPS) is 15.1. The van der Waals surface area contributed by atoms with Crippen LogP contribution in [0.3, 0.4) is 0 Å². The molecule has 0 saturated carbocycles. The maximum Gasteiger partial charge on any atom is 0.289 e. The number of anilines is 2. The van der Waals surface area contributed by atoms with Crippen LogP contribution in [0, 0.1) is 13.8 Å². The van der Waals surface area contributed by atoms with Gasteiger partial charge >= 0.3 is 0 Å². The van der Waals surface area contributed by atoms with Crippen LogP contribution >= 0.6 is 11.8 Å². The van der Waals surface area contributed by atoms with Gasteiger partial charge in [-0.2, -0.15) is 0 Å². The van der Waals surface area contributed by atoms with E-state index in [1.165, 1.54) is 23.1 Å². The van der Waals surface area contributed by atoms with Crippen molar-refractivity contribution >= 4 is 52.0 Å². The fraction of sp³-hybridized carbons (Fsp3) is 0.148. The summed E-state index contributed by atoms with van der Waals surface area (Å²) in [6.07, 6.45) is 0. The summed E-state index contributed by atoms with van der Waals surface area (Å²) in [6, 6.07) is 16.8. The molecule has 1 saturated heterocycles. The summed E-state index contributed by atoms with van der Waals surface area (Å²) >= 11 is 0.983. The van der Waals surface area contributed by atoms with E-state index in [1.54, 1.807) is 30.3 Å². The third-order valence-corrected chi connectivity index (χ3v) is 7.01. The first-order valence-corrected chi connectivity index (χ1v) is 12.2. The van der Waals surface area contributed by atoms with Crippen molar-refractivity contribution in [1.29, 1.82) is 0 Å². The number of hydrogen-bond donors (Lipinski definition) is 1. The average molecular weight is 500 g/mol. The van der Waals surface area contributed by atoms with Gasteiger partial charge in [-0.05, 0) is 66.9 Å². The minimum atomic E-state index is -0.466. The maximum atomic E-state index is 13.2. The van der Waals surface area contributed by atoms with Crippen LogP contribution in [0.2, 0.25) is 0 Å². The summed E-state index contributed by atoms with van der Waals surface area (Å²) in [6.45, 7) is 3.90. The van der Waals surface area contributed by atoms with Gasteiger partial charge in [-0.15, -0.1) is 0 Å². The Bertz CT molecular complexity index is 1450. The lowest BCUT2D eigenvalue weighted by atomic mass is 10.1. The Hall–Kier alpha value is -4.24. The van der Waals surface area contributed by atoms with Gasteiger partial charge in [-0.25, -0.2) is 4.90 Å². The highest BCUT2D eigenvalue weighted by Gasteiger charge is 2.38. The molecule has 0 bridgehead atoms. The first kappa shape index (κ1) is 23.5. The van der Waals surface area contributed by atoms with E-state index in [1.807, 2.05) is 26.0 Å². The fourth-order valence-electron chi connectivity index (χ4n) is 4.17. The Labute approximate surface area is 211 Å². The van der Waals surface area contributed by atoms with Crippen LogP contribution < -0.4 is 10.2 Å². The Morgan fingerprint density at radius 1 is 0.889 bits per heavy atom. The molecule has 180 valence electrons. The SMILES string of the molecule is Cc1ccc(C)c(N2C(=O)c3ccc(C(=O)Nc4ccc(CN5C(=O)CSC5=O)cc4)cc3C2=O)c1. The van der Waals surface area contributed by atoms with E-state index < -0.39 is 17.7 Å². The lowest BCUT2D eigenvalue weighted by Gasteiger charge is -2.17. The maximum absolute atomic E-state index is 13.2. The highest BCUT2D eigenvalue weighted by molar-refractivity contribution is 8.14. The number of aryl methyl sites for hydroxylation is 2. The van der Waals surface area contributed by atoms with Crippen molar-refractivity contribution in [3.63, 3.8) is 0 Å². The van der Waals surface area contributed by atoms with Gasteiger partial charge < -0.3 is 5.32 Å². The second-order valence-corrected chi connectivity index (χ2v) is 9.61. The van der Waals surface area contributed by atoms with Crippen molar-refractivity contribution in [2.45, 2.75) is 20.4 Å². The van der Waals surface area contributed by atoms with E-state index >= 15 is 0 Å². The molecule has 1 fully saturated rings. The Kier molecular flexibility index (Phi) is 5.93. The number of nitrogens with one attached hydrogen (secondary N) is 1. The lowest BCUT2D eigenvalue weighted by molar-refractivity contribution is -0.125. The van der Waals surface area contributed by atoms with Crippen LogP contribution in [0.25, 0.3) is 0 Å². The molecule has 2 aliphatic heterocycles. The average Bonchev–Trinajstić information content (AvgIpc) is 3.31. The third kappa shape index (κ3) is 4.18. The predicted molar refractivity (Wildman–Crippen MR) is 136 cm³/mol. The number of amides is 5. The zero-order valence-corrected chi connectivity index (χ0v) is 20.3. The number of imide groups is 2. The molecule has 36 heavy (non-hydrogen) atoms. The zero-order valence-electron chi connectivity index (χ0n) is 19.5. The number of rotatable bonds is 5. The number of thioether (sulfide) groups is 1. The highest BCUT2D eigenvalue weighted by Crippen LogP contribution is 2.32. The molecule has 8 nitrogen and oxygen atoms in total. The molecule has 0 atom stereocenters. The van der Waals surface area contributed by atoms with Gasteiger partial charge in [0.1, 0.15) is 0 Å². The lowest BCUT2D eigenvalue weighted by Crippen LogP contribution is -2.30. The molecule has 2 heterocycles. The van der Waals surface area contributed by atoms with Crippen LogP contribution in [0.15, 0.2) is 60.7 Å². The van der Waals surface area contributed by atoms with Gasteiger partial charge in [-0.1, -0.05) is 36.0 Å². The van der Waals surface area contributed by atoms with E-state index in [0.717, 1.165) is 33.4 Å². The standard InChI is InChI=1S/C27H21N3O5S/c1-15-3-4-16(2)22(11-15)30-25(33)20-10-7-18(12-21(20)26(30)34)24(32)28-19-8-5-17(6-9-19)13-29-23(31)14-36-27(29)35/h3-12H,13-14H2,1-2H3,(H,28,32). The monoisotopic (exact) mass is 499 g/mol. The fourth-order valence-corrected chi connectivity index (χ4v) is 4.90.